The number of rotatable bonds is 6. The summed E-state index contributed by atoms with van der Waals surface area (Å²) in [5.41, 5.74) is 6.76. The summed E-state index contributed by atoms with van der Waals surface area (Å²) in [6, 6.07) is 2.24. The smallest absolute Gasteiger partial charge is 0.188 e. The first kappa shape index (κ1) is 13.9. The third kappa shape index (κ3) is 3.27. The number of aromatic nitrogens is 3. The summed E-state index contributed by atoms with van der Waals surface area (Å²) in [7, 11) is 0. The summed E-state index contributed by atoms with van der Waals surface area (Å²) in [6.45, 7) is 4.59. The minimum absolute atomic E-state index is 0.00893. The topological polar surface area (TPSA) is 73.8 Å². The minimum atomic E-state index is -0.00893. The highest BCUT2D eigenvalue weighted by Crippen LogP contribution is 2.13. The van der Waals surface area contributed by atoms with E-state index in [1.165, 1.54) is 11.3 Å². The van der Waals surface area contributed by atoms with Crippen LogP contribution in [-0.4, -0.2) is 20.5 Å². The molecule has 0 spiro atoms. The zero-order chi connectivity index (χ0) is 13.8. The van der Waals surface area contributed by atoms with Crippen molar-refractivity contribution in [3.63, 3.8) is 0 Å². The Morgan fingerprint density at radius 1 is 1.58 bits per heavy atom. The van der Waals surface area contributed by atoms with Gasteiger partial charge < -0.3 is 5.73 Å². The summed E-state index contributed by atoms with van der Waals surface area (Å²) >= 11 is 1.42. The van der Waals surface area contributed by atoms with Crippen molar-refractivity contribution < 1.29 is 4.79 Å². The third-order valence-corrected chi connectivity index (χ3v) is 3.93. The van der Waals surface area contributed by atoms with Crippen LogP contribution >= 0.6 is 11.3 Å². The second-order valence-electron chi connectivity index (χ2n) is 4.47. The van der Waals surface area contributed by atoms with Gasteiger partial charge in [0.2, 0.25) is 0 Å². The van der Waals surface area contributed by atoms with Gasteiger partial charge in [0.1, 0.15) is 10.7 Å². The van der Waals surface area contributed by atoms with Crippen molar-refractivity contribution in [3.05, 3.63) is 34.0 Å². The van der Waals surface area contributed by atoms with Gasteiger partial charge >= 0.3 is 0 Å². The molecule has 1 atom stereocenters. The summed E-state index contributed by atoms with van der Waals surface area (Å²) in [6.07, 6.45) is 3.22. The highest BCUT2D eigenvalue weighted by molar-refractivity contribution is 7.09. The van der Waals surface area contributed by atoms with Gasteiger partial charge in [-0.1, -0.05) is 6.92 Å². The standard InChI is InChI=1S/C13H18N4OS/c1-3-9(2)17-5-4-10(16-17)6-12(18)11-8-19-13(7-14)15-11/h4-5,8-9H,3,6-7,14H2,1-2H3. The number of Topliss-reactive ketones (excluding diaryl/α,β-unsaturated/α-hetero) is 1. The van der Waals surface area contributed by atoms with Crippen LogP contribution in [0, 0.1) is 0 Å². The number of nitrogens with two attached hydrogens (primary N) is 1. The molecule has 2 aromatic rings. The van der Waals surface area contributed by atoms with Crippen LogP contribution in [0.4, 0.5) is 0 Å². The Balaban J connectivity index is 2.04. The van der Waals surface area contributed by atoms with Crippen LogP contribution in [0.3, 0.4) is 0 Å². The first-order valence-electron chi connectivity index (χ1n) is 6.35. The van der Waals surface area contributed by atoms with Crippen molar-refractivity contribution >= 4 is 17.1 Å². The molecule has 0 saturated carbocycles. The molecule has 2 aromatic heterocycles. The van der Waals surface area contributed by atoms with E-state index in [0.717, 1.165) is 17.1 Å². The lowest BCUT2D eigenvalue weighted by Crippen LogP contribution is -2.08. The Labute approximate surface area is 116 Å². The van der Waals surface area contributed by atoms with Gasteiger partial charge in [-0.25, -0.2) is 4.98 Å². The van der Waals surface area contributed by atoms with Gasteiger partial charge in [0, 0.05) is 24.2 Å². The van der Waals surface area contributed by atoms with E-state index >= 15 is 0 Å². The Bertz CT molecular complexity index is 560. The SMILES string of the molecule is CCC(C)n1ccc(CC(=O)c2csc(CN)n2)n1. The molecule has 1 unspecified atom stereocenters. The minimum Gasteiger partial charge on any atom is -0.325 e. The molecule has 102 valence electrons. The van der Waals surface area contributed by atoms with E-state index in [0.29, 0.717) is 18.3 Å². The number of carbonyl (C=O) groups excluding carboxylic acids is 1. The molecule has 2 heterocycles. The first-order chi connectivity index (χ1) is 9.13. The van der Waals surface area contributed by atoms with E-state index in [9.17, 15) is 4.79 Å². The predicted molar refractivity (Wildman–Crippen MR) is 75.3 cm³/mol. The molecule has 0 amide bonds. The second kappa shape index (κ2) is 6.08. The molecule has 0 aliphatic rings. The predicted octanol–water partition coefficient (Wildman–Crippen LogP) is 2.19. The van der Waals surface area contributed by atoms with Crippen molar-refractivity contribution in [3.8, 4) is 0 Å². The van der Waals surface area contributed by atoms with Crippen molar-refractivity contribution in [1.82, 2.24) is 14.8 Å². The molecule has 5 nitrogen and oxygen atoms in total. The van der Waals surface area contributed by atoms with Crippen molar-refractivity contribution in [2.24, 2.45) is 5.73 Å². The van der Waals surface area contributed by atoms with Crippen LogP contribution in [0.2, 0.25) is 0 Å². The van der Waals surface area contributed by atoms with Gasteiger partial charge in [-0.15, -0.1) is 11.3 Å². The van der Waals surface area contributed by atoms with Gasteiger partial charge in [0.05, 0.1) is 12.1 Å². The molecule has 0 radical (unpaired) electrons. The zero-order valence-corrected chi connectivity index (χ0v) is 12.0. The first-order valence-corrected chi connectivity index (χ1v) is 7.23. The fourth-order valence-electron chi connectivity index (χ4n) is 1.69. The maximum absolute atomic E-state index is 12.0. The largest absolute Gasteiger partial charge is 0.325 e. The van der Waals surface area contributed by atoms with Gasteiger partial charge in [-0.3, -0.25) is 9.48 Å². The third-order valence-electron chi connectivity index (χ3n) is 3.06. The lowest BCUT2D eigenvalue weighted by atomic mass is 10.2. The Kier molecular flexibility index (Phi) is 4.44. The molecule has 2 rings (SSSR count). The highest BCUT2D eigenvalue weighted by atomic mass is 32.1. The van der Waals surface area contributed by atoms with Crippen LogP contribution < -0.4 is 5.73 Å². The van der Waals surface area contributed by atoms with E-state index in [4.69, 9.17) is 5.73 Å². The number of hydrogen-bond acceptors (Lipinski definition) is 5. The second-order valence-corrected chi connectivity index (χ2v) is 5.42. The average Bonchev–Trinajstić information content (AvgIpc) is 3.06. The quantitative estimate of drug-likeness (QED) is 0.822. The fraction of sp³-hybridized carbons (Fsp3) is 0.462. The van der Waals surface area contributed by atoms with Crippen molar-refractivity contribution in [2.45, 2.75) is 39.3 Å². The summed E-state index contributed by atoms with van der Waals surface area (Å²) in [5, 5.41) is 6.97. The molecule has 0 aliphatic carbocycles. The van der Waals surface area contributed by atoms with Crippen LogP contribution in [-0.2, 0) is 13.0 Å². The van der Waals surface area contributed by atoms with Gasteiger partial charge in [0.25, 0.3) is 0 Å². The van der Waals surface area contributed by atoms with Crippen LogP contribution in [0.25, 0.3) is 0 Å². The molecule has 0 saturated heterocycles. The molecular weight excluding hydrogens is 260 g/mol. The molecule has 0 aromatic carbocycles. The number of thiazole rings is 1. The number of ketones is 1. The van der Waals surface area contributed by atoms with Gasteiger partial charge in [-0.2, -0.15) is 5.10 Å². The molecule has 19 heavy (non-hydrogen) atoms. The Hall–Kier alpha value is -1.53. The lowest BCUT2D eigenvalue weighted by molar-refractivity contribution is 0.0987. The monoisotopic (exact) mass is 278 g/mol. The molecule has 6 heteroatoms. The number of nitrogens with zero attached hydrogens (tertiary/aromatic N) is 3. The maximum atomic E-state index is 12.0. The fourth-order valence-corrected chi connectivity index (χ4v) is 2.37. The average molecular weight is 278 g/mol. The molecule has 2 N–H and O–H groups in total. The number of carbonyl (C=O) groups is 1. The highest BCUT2D eigenvalue weighted by Gasteiger charge is 2.13. The van der Waals surface area contributed by atoms with Crippen molar-refractivity contribution in [1.29, 1.82) is 0 Å². The Morgan fingerprint density at radius 2 is 2.37 bits per heavy atom. The van der Waals surface area contributed by atoms with E-state index in [1.54, 1.807) is 5.38 Å². The molecular formula is C13H18N4OS. The van der Waals surface area contributed by atoms with Crippen LogP contribution in [0.5, 0.6) is 0 Å². The summed E-state index contributed by atoms with van der Waals surface area (Å²) < 4.78 is 1.90. The lowest BCUT2D eigenvalue weighted by Gasteiger charge is -2.07. The molecule has 0 bridgehead atoms. The van der Waals surface area contributed by atoms with Crippen LogP contribution in [0.1, 0.15) is 47.5 Å². The van der Waals surface area contributed by atoms with Gasteiger partial charge in [-0.05, 0) is 19.4 Å². The molecule has 0 aliphatic heterocycles. The van der Waals surface area contributed by atoms with E-state index in [2.05, 4.69) is 23.9 Å². The Morgan fingerprint density at radius 3 is 3.00 bits per heavy atom. The van der Waals surface area contributed by atoms with E-state index in [-0.39, 0.29) is 12.2 Å². The van der Waals surface area contributed by atoms with Gasteiger partial charge in [0.15, 0.2) is 5.78 Å². The van der Waals surface area contributed by atoms with E-state index < -0.39 is 0 Å². The maximum Gasteiger partial charge on any atom is 0.188 e. The summed E-state index contributed by atoms with van der Waals surface area (Å²) in [4.78, 5) is 16.2. The zero-order valence-electron chi connectivity index (χ0n) is 11.2. The van der Waals surface area contributed by atoms with E-state index in [1.807, 2.05) is 16.9 Å². The summed E-state index contributed by atoms with van der Waals surface area (Å²) in [5.74, 6) is -0.00893. The van der Waals surface area contributed by atoms with Crippen LogP contribution in [0.15, 0.2) is 17.6 Å². The van der Waals surface area contributed by atoms with Crippen molar-refractivity contribution in [2.75, 3.05) is 0 Å². The number of hydrogen-bond donors (Lipinski definition) is 1. The molecule has 0 fully saturated rings. The normalized spacial score (nSPS) is 12.6.